The molecule has 1 aromatic carbocycles. The van der Waals surface area contributed by atoms with Gasteiger partial charge in [0.05, 0.1) is 18.1 Å². The van der Waals surface area contributed by atoms with Crippen molar-refractivity contribution in [1.82, 2.24) is 4.98 Å². The Kier molecular flexibility index (Phi) is 4.43. The molecule has 0 atom stereocenters. The van der Waals surface area contributed by atoms with Crippen LogP contribution in [-0.2, 0) is 0 Å². The second kappa shape index (κ2) is 6.66. The number of aryl methyl sites for hydroxylation is 1. The Morgan fingerprint density at radius 2 is 2.00 bits per heavy atom. The molecule has 0 aliphatic heterocycles. The highest BCUT2D eigenvalue weighted by Crippen LogP contribution is 2.23. The molecule has 1 amide bonds. The van der Waals surface area contributed by atoms with Crippen LogP contribution < -0.4 is 10.6 Å². The lowest BCUT2D eigenvalue weighted by atomic mass is 10.2. The van der Waals surface area contributed by atoms with Gasteiger partial charge in [0.15, 0.2) is 5.76 Å². The van der Waals surface area contributed by atoms with Crippen molar-refractivity contribution < 1.29 is 9.21 Å². The van der Waals surface area contributed by atoms with Crippen molar-refractivity contribution >= 4 is 39.0 Å². The van der Waals surface area contributed by atoms with Crippen LogP contribution in [0.1, 0.15) is 16.1 Å². The summed E-state index contributed by atoms with van der Waals surface area (Å²) in [5, 5.41) is 5.93. The van der Waals surface area contributed by atoms with E-state index in [1.165, 1.54) is 11.8 Å². The maximum atomic E-state index is 11.9. The van der Waals surface area contributed by atoms with Gasteiger partial charge in [0.2, 0.25) is 0 Å². The van der Waals surface area contributed by atoms with Gasteiger partial charge in [-0.15, -0.1) is 0 Å². The van der Waals surface area contributed by atoms with Crippen LogP contribution in [0.3, 0.4) is 0 Å². The molecule has 2 N–H and O–H groups in total. The zero-order valence-electron chi connectivity index (χ0n) is 12.3. The highest BCUT2D eigenvalue weighted by atomic mass is 79.9. The van der Waals surface area contributed by atoms with Gasteiger partial charge in [-0.2, -0.15) is 0 Å². The lowest BCUT2D eigenvalue weighted by Crippen LogP contribution is -2.11. The zero-order chi connectivity index (χ0) is 16.2. The molecule has 0 aliphatic carbocycles. The lowest BCUT2D eigenvalue weighted by Gasteiger charge is -2.09. The lowest BCUT2D eigenvalue weighted by molar-refractivity contribution is 0.0996. The van der Waals surface area contributed by atoms with Gasteiger partial charge in [0.25, 0.3) is 5.91 Å². The summed E-state index contributed by atoms with van der Waals surface area (Å²) in [5.74, 6) is 0.381. The van der Waals surface area contributed by atoms with Crippen LogP contribution >= 0.6 is 15.9 Å². The van der Waals surface area contributed by atoms with Crippen LogP contribution in [0.15, 0.2) is 63.8 Å². The molecule has 2 heterocycles. The van der Waals surface area contributed by atoms with E-state index in [2.05, 4.69) is 31.5 Å². The molecule has 0 saturated heterocycles. The van der Waals surface area contributed by atoms with E-state index in [0.29, 0.717) is 5.82 Å². The van der Waals surface area contributed by atoms with E-state index in [-0.39, 0.29) is 11.7 Å². The Morgan fingerprint density at radius 3 is 2.65 bits per heavy atom. The number of furan rings is 1. The molecule has 0 aliphatic rings. The fourth-order valence-corrected chi connectivity index (χ4v) is 2.34. The highest BCUT2D eigenvalue weighted by molar-refractivity contribution is 9.10. The second-order valence-electron chi connectivity index (χ2n) is 4.95. The highest BCUT2D eigenvalue weighted by Gasteiger charge is 2.09. The number of benzene rings is 1. The summed E-state index contributed by atoms with van der Waals surface area (Å²) in [7, 11) is 0. The van der Waals surface area contributed by atoms with Crippen LogP contribution in [-0.4, -0.2) is 10.9 Å². The Labute approximate surface area is 141 Å². The first kappa shape index (κ1) is 15.3. The van der Waals surface area contributed by atoms with Gasteiger partial charge in [-0.3, -0.25) is 4.79 Å². The van der Waals surface area contributed by atoms with Crippen LogP contribution in [0.2, 0.25) is 0 Å². The predicted molar refractivity (Wildman–Crippen MR) is 93.1 cm³/mol. The van der Waals surface area contributed by atoms with Crippen molar-refractivity contribution in [2.24, 2.45) is 0 Å². The molecular weight excluding hydrogens is 358 g/mol. The summed E-state index contributed by atoms with van der Waals surface area (Å²) in [6.07, 6.45) is 3.11. The number of halogens is 1. The summed E-state index contributed by atoms with van der Waals surface area (Å²) in [4.78, 5) is 16.1. The van der Waals surface area contributed by atoms with Crippen molar-refractivity contribution in [2.75, 3.05) is 10.6 Å². The minimum absolute atomic E-state index is 0.249. The number of nitrogens with zero attached hydrogens (tertiary/aromatic N) is 1. The standard InChI is InChI=1S/C17H14BrN3O2/c1-11-4-5-12(9-14(11)18)20-13-6-7-16(19-10-13)21-17(22)15-3-2-8-23-15/h2-10,20H,1H3,(H,19,21,22). The largest absolute Gasteiger partial charge is 0.459 e. The molecule has 5 nitrogen and oxygen atoms in total. The molecule has 0 unspecified atom stereocenters. The number of hydrogen-bond acceptors (Lipinski definition) is 4. The number of pyridine rings is 1. The molecule has 0 fully saturated rings. The van der Waals surface area contributed by atoms with Crippen molar-refractivity contribution in [3.05, 3.63) is 70.7 Å². The van der Waals surface area contributed by atoms with Crippen LogP contribution in [0.4, 0.5) is 17.2 Å². The molecule has 0 bridgehead atoms. The number of aromatic nitrogens is 1. The molecule has 23 heavy (non-hydrogen) atoms. The third-order valence-corrected chi connectivity index (χ3v) is 4.06. The predicted octanol–water partition coefficient (Wildman–Crippen LogP) is 4.74. The Balaban J connectivity index is 1.67. The average Bonchev–Trinajstić information content (AvgIpc) is 3.07. The first-order valence-electron chi connectivity index (χ1n) is 6.96. The van der Waals surface area contributed by atoms with Crippen molar-refractivity contribution in [1.29, 1.82) is 0 Å². The summed E-state index contributed by atoms with van der Waals surface area (Å²) >= 11 is 3.51. The normalized spacial score (nSPS) is 10.3. The van der Waals surface area contributed by atoms with Crippen LogP contribution in [0.25, 0.3) is 0 Å². The molecule has 0 spiro atoms. The minimum atomic E-state index is -0.328. The quantitative estimate of drug-likeness (QED) is 0.694. The fourth-order valence-electron chi connectivity index (χ4n) is 1.96. The van der Waals surface area contributed by atoms with E-state index in [1.54, 1.807) is 24.4 Å². The Morgan fingerprint density at radius 1 is 1.17 bits per heavy atom. The summed E-state index contributed by atoms with van der Waals surface area (Å²) in [6, 6.07) is 12.9. The molecule has 6 heteroatoms. The summed E-state index contributed by atoms with van der Waals surface area (Å²) in [5.41, 5.74) is 2.96. The third kappa shape index (κ3) is 3.78. The number of amides is 1. The number of anilines is 3. The maximum absolute atomic E-state index is 11.9. The minimum Gasteiger partial charge on any atom is -0.459 e. The maximum Gasteiger partial charge on any atom is 0.292 e. The first-order chi connectivity index (χ1) is 11.1. The van der Waals surface area contributed by atoms with Crippen LogP contribution in [0.5, 0.6) is 0 Å². The smallest absolute Gasteiger partial charge is 0.292 e. The van der Waals surface area contributed by atoms with Crippen molar-refractivity contribution in [3.8, 4) is 0 Å². The van der Waals surface area contributed by atoms with Gasteiger partial charge >= 0.3 is 0 Å². The third-order valence-electron chi connectivity index (χ3n) is 3.21. The van der Waals surface area contributed by atoms with Gasteiger partial charge in [-0.05, 0) is 48.9 Å². The first-order valence-corrected chi connectivity index (χ1v) is 7.75. The molecule has 116 valence electrons. The van der Waals surface area contributed by atoms with E-state index in [1.807, 2.05) is 31.2 Å². The number of nitrogens with one attached hydrogen (secondary N) is 2. The van der Waals surface area contributed by atoms with E-state index >= 15 is 0 Å². The number of carbonyl (C=O) groups excluding carboxylic acids is 1. The summed E-state index contributed by atoms with van der Waals surface area (Å²) in [6.45, 7) is 2.03. The number of hydrogen-bond donors (Lipinski definition) is 2. The monoisotopic (exact) mass is 371 g/mol. The van der Waals surface area contributed by atoms with E-state index in [0.717, 1.165) is 15.8 Å². The Bertz CT molecular complexity index is 814. The van der Waals surface area contributed by atoms with Gasteiger partial charge in [-0.25, -0.2) is 4.98 Å². The molecule has 0 saturated carbocycles. The molecular formula is C17H14BrN3O2. The topological polar surface area (TPSA) is 67.2 Å². The van der Waals surface area contributed by atoms with Gasteiger partial charge < -0.3 is 15.1 Å². The molecule has 3 rings (SSSR count). The molecule has 3 aromatic rings. The Hall–Kier alpha value is -2.60. The van der Waals surface area contributed by atoms with Crippen LogP contribution in [0, 0.1) is 6.92 Å². The van der Waals surface area contributed by atoms with Crippen molar-refractivity contribution in [3.63, 3.8) is 0 Å². The second-order valence-corrected chi connectivity index (χ2v) is 5.81. The van der Waals surface area contributed by atoms with Gasteiger partial charge in [0.1, 0.15) is 5.82 Å². The molecule has 2 aromatic heterocycles. The fraction of sp³-hybridized carbons (Fsp3) is 0.0588. The van der Waals surface area contributed by atoms with E-state index < -0.39 is 0 Å². The molecule has 0 radical (unpaired) electrons. The van der Waals surface area contributed by atoms with Gasteiger partial charge in [-0.1, -0.05) is 22.0 Å². The zero-order valence-corrected chi connectivity index (χ0v) is 13.9. The number of carbonyl (C=O) groups is 1. The van der Waals surface area contributed by atoms with E-state index in [4.69, 9.17) is 4.42 Å². The summed E-state index contributed by atoms with van der Waals surface area (Å²) < 4.78 is 6.07. The van der Waals surface area contributed by atoms with Gasteiger partial charge in [0, 0.05) is 10.2 Å². The average molecular weight is 372 g/mol. The number of rotatable bonds is 4. The van der Waals surface area contributed by atoms with E-state index in [9.17, 15) is 4.79 Å². The SMILES string of the molecule is Cc1ccc(Nc2ccc(NC(=O)c3ccco3)nc2)cc1Br. The van der Waals surface area contributed by atoms with Crippen molar-refractivity contribution in [2.45, 2.75) is 6.92 Å².